The molecule has 1 aliphatic heterocycles. The van der Waals surface area contributed by atoms with E-state index in [1.54, 1.807) is 16.8 Å². The summed E-state index contributed by atoms with van der Waals surface area (Å²) in [4.78, 5) is 12.6. The molecule has 28 heavy (non-hydrogen) atoms. The second-order valence-corrected chi connectivity index (χ2v) is 9.57. The summed E-state index contributed by atoms with van der Waals surface area (Å²) < 4.78 is 25.4. The van der Waals surface area contributed by atoms with Gasteiger partial charge in [-0.25, -0.2) is 8.42 Å². The van der Waals surface area contributed by atoms with Crippen molar-refractivity contribution in [2.45, 2.75) is 26.3 Å². The lowest BCUT2D eigenvalue weighted by Crippen LogP contribution is -2.13. The smallest absolute Gasteiger partial charge is 0.185 e. The molecule has 5 nitrogen and oxygen atoms in total. The third kappa shape index (κ3) is 3.52. The van der Waals surface area contributed by atoms with E-state index in [2.05, 4.69) is 5.10 Å². The zero-order valence-electron chi connectivity index (χ0n) is 15.9. The number of nitrogens with zero attached hydrogens (tertiary/aromatic N) is 2. The first-order valence-corrected chi connectivity index (χ1v) is 11.1. The molecule has 0 bridgehead atoms. The minimum Gasteiger partial charge on any atom is -0.289 e. The maximum absolute atomic E-state index is 12.6. The topological polar surface area (TPSA) is 69.0 Å². The normalized spacial score (nSPS) is 18.9. The van der Waals surface area contributed by atoms with Crippen LogP contribution in [0.4, 0.5) is 0 Å². The number of sulfone groups is 1. The van der Waals surface area contributed by atoms with Gasteiger partial charge >= 0.3 is 0 Å². The van der Waals surface area contributed by atoms with Crippen molar-refractivity contribution in [3.63, 3.8) is 0 Å². The summed E-state index contributed by atoms with van der Waals surface area (Å²) in [6.45, 7) is 3.80. The van der Waals surface area contributed by atoms with Gasteiger partial charge in [-0.1, -0.05) is 36.4 Å². The van der Waals surface area contributed by atoms with Crippen LogP contribution in [-0.2, 0) is 9.84 Å². The van der Waals surface area contributed by atoms with Crippen LogP contribution in [0.5, 0.6) is 0 Å². The van der Waals surface area contributed by atoms with Gasteiger partial charge < -0.3 is 0 Å². The molecule has 1 unspecified atom stereocenters. The molecule has 1 aromatic heterocycles. The van der Waals surface area contributed by atoms with E-state index in [-0.39, 0.29) is 23.3 Å². The van der Waals surface area contributed by atoms with Crippen LogP contribution in [-0.4, -0.2) is 35.5 Å². The van der Waals surface area contributed by atoms with Gasteiger partial charge in [0.1, 0.15) is 0 Å². The number of hydrogen-bond donors (Lipinski definition) is 0. The van der Waals surface area contributed by atoms with Gasteiger partial charge in [-0.05, 0) is 49.3 Å². The van der Waals surface area contributed by atoms with Crippen molar-refractivity contribution in [1.29, 1.82) is 0 Å². The van der Waals surface area contributed by atoms with Crippen molar-refractivity contribution in [2.75, 3.05) is 11.5 Å². The third-order valence-electron chi connectivity index (χ3n) is 5.37. The summed E-state index contributed by atoms with van der Waals surface area (Å²) in [6, 6.07) is 13.5. The number of aryl methyl sites for hydroxylation is 1. The Hall–Kier alpha value is -2.73. The second kappa shape index (κ2) is 7.02. The summed E-state index contributed by atoms with van der Waals surface area (Å²) in [7, 11) is -2.98. The van der Waals surface area contributed by atoms with E-state index < -0.39 is 9.84 Å². The monoisotopic (exact) mass is 394 g/mol. The number of hydrogen-bond acceptors (Lipinski definition) is 4. The van der Waals surface area contributed by atoms with Crippen LogP contribution in [0.25, 0.3) is 16.8 Å². The van der Waals surface area contributed by atoms with E-state index in [9.17, 15) is 13.2 Å². The molecule has 0 amide bonds. The zero-order valence-corrected chi connectivity index (χ0v) is 16.7. The van der Waals surface area contributed by atoms with Crippen molar-refractivity contribution >= 4 is 32.5 Å². The minimum atomic E-state index is -2.98. The Morgan fingerprint density at radius 1 is 1.14 bits per heavy atom. The predicted octanol–water partition coefficient (Wildman–Crippen LogP) is 3.91. The fourth-order valence-electron chi connectivity index (χ4n) is 3.84. The molecule has 0 saturated carbocycles. The Bertz CT molecular complexity index is 1210. The standard InChI is InChI=1S/C22H22N2O3S/c1-15-21(16(2)24(23-15)20-11-12-28(26,27)14-20)9-10-22(25)19-8-7-17-5-3-4-6-18(17)13-19/h3-10,13,20H,11-12,14H2,1-2H3/b10-9+. The molecule has 1 saturated heterocycles. The molecule has 144 valence electrons. The van der Waals surface area contributed by atoms with Gasteiger partial charge in [0.25, 0.3) is 0 Å². The number of rotatable bonds is 4. The fourth-order valence-corrected chi connectivity index (χ4v) is 5.53. The van der Waals surface area contributed by atoms with Gasteiger partial charge in [0, 0.05) is 16.8 Å². The highest BCUT2D eigenvalue weighted by atomic mass is 32.2. The number of carbonyl (C=O) groups excluding carboxylic acids is 1. The summed E-state index contributed by atoms with van der Waals surface area (Å²) in [5.74, 6) is 0.274. The lowest BCUT2D eigenvalue weighted by atomic mass is 10.0. The van der Waals surface area contributed by atoms with Crippen LogP contribution in [0.15, 0.2) is 48.5 Å². The van der Waals surface area contributed by atoms with E-state index in [4.69, 9.17) is 0 Å². The number of carbonyl (C=O) groups is 1. The van der Waals surface area contributed by atoms with Gasteiger partial charge in [-0.15, -0.1) is 0 Å². The molecule has 1 atom stereocenters. The van der Waals surface area contributed by atoms with Crippen LogP contribution >= 0.6 is 0 Å². The maximum atomic E-state index is 12.6. The maximum Gasteiger partial charge on any atom is 0.185 e. The molecule has 3 aromatic rings. The highest BCUT2D eigenvalue weighted by Crippen LogP contribution is 2.27. The van der Waals surface area contributed by atoms with Crippen LogP contribution in [0.1, 0.15) is 39.8 Å². The Morgan fingerprint density at radius 2 is 1.89 bits per heavy atom. The largest absolute Gasteiger partial charge is 0.289 e. The lowest BCUT2D eigenvalue weighted by molar-refractivity contribution is 0.104. The second-order valence-electron chi connectivity index (χ2n) is 7.35. The average Bonchev–Trinajstić information content (AvgIpc) is 3.18. The number of benzene rings is 2. The van der Waals surface area contributed by atoms with Crippen molar-refractivity contribution in [1.82, 2.24) is 9.78 Å². The van der Waals surface area contributed by atoms with E-state index in [1.165, 1.54) is 0 Å². The Balaban J connectivity index is 1.59. The number of ketones is 1. The molecule has 2 heterocycles. The first-order valence-electron chi connectivity index (χ1n) is 9.31. The molecule has 1 fully saturated rings. The highest BCUT2D eigenvalue weighted by molar-refractivity contribution is 7.91. The van der Waals surface area contributed by atoms with Gasteiger partial charge in [0.15, 0.2) is 15.6 Å². The summed E-state index contributed by atoms with van der Waals surface area (Å²) in [5.41, 5.74) is 3.20. The molecule has 6 heteroatoms. The molecular formula is C22H22N2O3S. The van der Waals surface area contributed by atoms with Crippen molar-refractivity contribution < 1.29 is 13.2 Å². The fraction of sp³-hybridized carbons (Fsp3) is 0.273. The molecule has 1 aliphatic rings. The quantitative estimate of drug-likeness (QED) is 0.497. The Kier molecular flexibility index (Phi) is 4.67. The molecule has 0 spiro atoms. The van der Waals surface area contributed by atoms with Gasteiger partial charge in [-0.3, -0.25) is 9.48 Å². The minimum absolute atomic E-state index is 0.0688. The molecule has 4 rings (SSSR count). The highest BCUT2D eigenvalue weighted by Gasteiger charge is 2.31. The van der Waals surface area contributed by atoms with Crippen molar-refractivity contribution in [3.05, 3.63) is 71.1 Å². The third-order valence-corrected chi connectivity index (χ3v) is 7.12. The van der Waals surface area contributed by atoms with Crippen LogP contribution in [0, 0.1) is 13.8 Å². The SMILES string of the molecule is Cc1nn(C2CCS(=O)(=O)C2)c(C)c1/C=C/C(=O)c1ccc2ccccc2c1. The Labute approximate surface area is 164 Å². The molecule has 0 aliphatic carbocycles. The summed E-state index contributed by atoms with van der Waals surface area (Å²) in [5, 5.41) is 6.67. The van der Waals surface area contributed by atoms with E-state index in [0.717, 1.165) is 27.7 Å². The van der Waals surface area contributed by atoms with Crippen LogP contribution in [0.3, 0.4) is 0 Å². The van der Waals surface area contributed by atoms with Crippen molar-refractivity contribution in [2.24, 2.45) is 0 Å². The van der Waals surface area contributed by atoms with E-state index in [1.807, 2.05) is 56.3 Å². The first kappa shape index (κ1) is 18.6. The lowest BCUT2D eigenvalue weighted by Gasteiger charge is -2.10. The molecular weight excluding hydrogens is 372 g/mol. The number of allylic oxidation sites excluding steroid dienone is 1. The van der Waals surface area contributed by atoms with Crippen LogP contribution in [0.2, 0.25) is 0 Å². The van der Waals surface area contributed by atoms with E-state index in [0.29, 0.717) is 12.0 Å². The Morgan fingerprint density at radius 3 is 2.61 bits per heavy atom. The van der Waals surface area contributed by atoms with Gasteiger partial charge in [-0.2, -0.15) is 5.10 Å². The number of fused-ring (bicyclic) bond motifs is 1. The molecule has 0 N–H and O–H groups in total. The van der Waals surface area contributed by atoms with Gasteiger partial charge in [0.2, 0.25) is 0 Å². The zero-order chi connectivity index (χ0) is 19.9. The van der Waals surface area contributed by atoms with Crippen molar-refractivity contribution in [3.8, 4) is 0 Å². The van der Waals surface area contributed by atoms with Gasteiger partial charge in [0.05, 0.1) is 23.2 Å². The summed E-state index contributed by atoms with van der Waals surface area (Å²) >= 11 is 0. The average molecular weight is 394 g/mol. The summed E-state index contributed by atoms with van der Waals surface area (Å²) in [6.07, 6.45) is 3.94. The first-order chi connectivity index (χ1) is 13.3. The predicted molar refractivity (Wildman–Crippen MR) is 111 cm³/mol. The number of aromatic nitrogens is 2. The molecule has 2 aromatic carbocycles. The van der Waals surface area contributed by atoms with E-state index >= 15 is 0 Å². The van der Waals surface area contributed by atoms with Crippen LogP contribution < -0.4 is 0 Å². The molecule has 0 radical (unpaired) electrons.